The Balaban J connectivity index is 2.17. The number of nitro groups is 1. The van der Waals surface area contributed by atoms with Crippen LogP contribution >= 0.6 is 15.9 Å². The third kappa shape index (κ3) is 3.10. The van der Waals surface area contributed by atoms with E-state index in [1.165, 1.54) is 31.0 Å². The number of alkyl halides is 1. The molecule has 1 aromatic carbocycles. The van der Waals surface area contributed by atoms with Crippen LogP contribution in [-0.2, 0) is 0 Å². The highest BCUT2D eigenvalue weighted by Crippen LogP contribution is 2.40. The van der Waals surface area contributed by atoms with Gasteiger partial charge in [0.1, 0.15) is 0 Å². The van der Waals surface area contributed by atoms with Crippen LogP contribution in [0, 0.1) is 26.9 Å². The summed E-state index contributed by atoms with van der Waals surface area (Å²) in [7, 11) is 0. The highest BCUT2D eigenvalue weighted by molar-refractivity contribution is 9.09. The lowest BCUT2D eigenvalue weighted by molar-refractivity contribution is -0.386. The first-order valence-corrected chi connectivity index (χ1v) is 7.60. The van der Waals surface area contributed by atoms with Crippen LogP contribution in [0.5, 0.6) is 5.75 Å². The normalized spacial score (nSPS) is 16.6. The van der Waals surface area contributed by atoms with Crippen LogP contribution in [0.25, 0.3) is 0 Å². The molecule has 1 saturated carbocycles. The Labute approximate surface area is 125 Å². The number of nitrogens with zero attached hydrogens (tertiary/aromatic N) is 2. The Bertz CT molecular complexity index is 548. The van der Waals surface area contributed by atoms with Gasteiger partial charge < -0.3 is 4.74 Å². The summed E-state index contributed by atoms with van der Waals surface area (Å²) in [5.41, 5.74) is 0.189. The molecule has 0 N–H and O–H groups in total. The van der Waals surface area contributed by atoms with Gasteiger partial charge in [-0.1, -0.05) is 28.8 Å². The third-order valence-corrected chi connectivity index (χ3v) is 4.96. The van der Waals surface area contributed by atoms with Gasteiger partial charge >= 0.3 is 5.69 Å². The van der Waals surface area contributed by atoms with Gasteiger partial charge in [0.25, 0.3) is 0 Å². The summed E-state index contributed by atoms with van der Waals surface area (Å²) in [5.74, 6) is 0.237. The molecule has 20 heavy (non-hydrogen) atoms. The van der Waals surface area contributed by atoms with Crippen molar-refractivity contribution < 1.29 is 9.66 Å². The number of hydrogen-bond donors (Lipinski definition) is 0. The molecular weight excluding hydrogens is 324 g/mol. The molecule has 0 spiro atoms. The molecule has 5 nitrogen and oxygen atoms in total. The maximum Gasteiger partial charge on any atom is 0.312 e. The van der Waals surface area contributed by atoms with Gasteiger partial charge in [-0.15, -0.1) is 0 Å². The average Bonchev–Trinajstić information content (AvgIpc) is 2.94. The van der Waals surface area contributed by atoms with Crippen LogP contribution in [0.3, 0.4) is 0 Å². The van der Waals surface area contributed by atoms with Crippen LogP contribution in [0.15, 0.2) is 18.2 Å². The predicted molar refractivity (Wildman–Crippen MR) is 78.0 cm³/mol. The van der Waals surface area contributed by atoms with Crippen molar-refractivity contribution in [2.24, 2.45) is 5.41 Å². The molecule has 0 atom stereocenters. The maximum absolute atomic E-state index is 11.0. The van der Waals surface area contributed by atoms with E-state index in [1.54, 1.807) is 0 Å². The molecule has 0 bridgehead atoms. The van der Waals surface area contributed by atoms with Crippen molar-refractivity contribution in [1.29, 1.82) is 5.26 Å². The molecular formula is C14H15BrN2O3. The molecule has 0 saturated heterocycles. The van der Waals surface area contributed by atoms with Gasteiger partial charge in [0.05, 0.1) is 23.2 Å². The van der Waals surface area contributed by atoms with Crippen molar-refractivity contribution in [3.63, 3.8) is 0 Å². The molecule has 6 heteroatoms. The SMILES string of the molecule is N#Cc1ccc(OCC2(CBr)CCCC2)c([N+](=O)[O-])c1. The monoisotopic (exact) mass is 338 g/mol. The van der Waals surface area contributed by atoms with Gasteiger partial charge in [-0.25, -0.2) is 0 Å². The van der Waals surface area contributed by atoms with Gasteiger partial charge in [-0.3, -0.25) is 10.1 Å². The summed E-state index contributed by atoms with van der Waals surface area (Å²) >= 11 is 3.52. The number of ether oxygens (including phenoxy) is 1. The molecule has 1 fully saturated rings. The molecule has 0 aliphatic heterocycles. The van der Waals surface area contributed by atoms with Crippen LogP contribution < -0.4 is 4.74 Å². The van der Waals surface area contributed by atoms with Crippen LogP contribution in [-0.4, -0.2) is 16.9 Å². The number of hydrogen-bond acceptors (Lipinski definition) is 4. The number of rotatable bonds is 5. The average molecular weight is 339 g/mol. The number of nitriles is 1. The summed E-state index contributed by atoms with van der Waals surface area (Å²) in [5, 5.41) is 20.7. The number of halogens is 1. The Morgan fingerprint density at radius 3 is 2.70 bits per heavy atom. The number of benzene rings is 1. The molecule has 106 valence electrons. The fourth-order valence-corrected chi connectivity index (χ4v) is 3.25. The first-order valence-electron chi connectivity index (χ1n) is 6.47. The predicted octanol–water partition coefficient (Wildman–Crippen LogP) is 3.80. The maximum atomic E-state index is 11.0. The van der Waals surface area contributed by atoms with E-state index in [4.69, 9.17) is 10.00 Å². The van der Waals surface area contributed by atoms with E-state index in [-0.39, 0.29) is 22.4 Å². The molecule has 0 heterocycles. The summed E-state index contributed by atoms with van der Waals surface area (Å²) in [6.07, 6.45) is 4.49. The first kappa shape index (κ1) is 14.8. The molecule has 0 radical (unpaired) electrons. The second-order valence-corrected chi connectivity index (χ2v) is 5.74. The van der Waals surface area contributed by atoms with E-state index in [0.717, 1.165) is 18.2 Å². The van der Waals surface area contributed by atoms with E-state index in [1.807, 2.05) is 6.07 Å². The summed E-state index contributed by atoms with van der Waals surface area (Å²) in [6.45, 7) is 0.463. The molecule has 0 aromatic heterocycles. The lowest BCUT2D eigenvalue weighted by atomic mass is 9.90. The standard InChI is InChI=1S/C14H15BrN2O3/c15-9-14(5-1-2-6-14)10-20-13-4-3-11(8-16)7-12(13)17(18)19/h3-4,7H,1-2,5-6,9-10H2. The van der Waals surface area contributed by atoms with Gasteiger partial charge in [0.2, 0.25) is 0 Å². The third-order valence-electron chi connectivity index (χ3n) is 3.77. The van der Waals surface area contributed by atoms with Crippen molar-refractivity contribution >= 4 is 21.6 Å². The quantitative estimate of drug-likeness (QED) is 0.464. The van der Waals surface area contributed by atoms with Crippen LogP contribution in [0.2, 0.25) is 0 Å². The minimum Gasteiger partial charge on any atom is -0.486 e. The molecule has 0 unspecified atom stereocenters. The first-order chi connectivity index (χ1) is 9.60. The van der Waals surface area contributed by atoms with Gasteiger partial charge in [-0.2, -0.15) is 5.26 Å². The minimum atomic E-state index is -0.508. The Kier molecular flexibility index (Phi) is 4.61. The van der Waals surface area contributed by atoms with E-state index in [9.17, 15) is 10.1 Å². The molecule has 0 amide bonds. The van der Waals surface area contributed by atoms with Crippen molar-refractivity contribution in [1.82, 2.24) is 0 Å². The Morgan fingerprint density at radius 1 is 1.45 bits per heavy atom. The minimum absolute atomic E-state index is 0.0712. The van der Waals surface area contributed by atoms with Gasteiger partial charge in [0.15, 0.2) is 5.75 Å². The highest BCUT2D eigenvalue weighted by Gasteiger charge is 2.34. The van der Waals surface area contributed by atoms with E-state index < -0.39 is 4.92 Å². The summed E-state index contributed by atoms with van der Waals surface area (Å²) in [4.78, 5) is 10.5. The molecule has 2 rings (SSSR count). The Morgan fingerprint density at radius 2 is 2.15 bits per heavy atom. The van der Waals surface area contributed by atoms with Crippen molar-refractivity contribution in [3.8, 4) is 11.8 Å². The molecule has 1 aromatic rings. The summed E-state index contributed by atoms with van der Waals surface area (Å²) < 4.78 is 5.70. The topological polar surface area (TPSA) is 76.2 Å². The second-order valence-electron chi connectivity index (χ2n) is 5.18. The van der Waals surface area contributed by atoms with Gasteiger partial charge in [0, 0.05) is 16.8 Å². The van der Waals surface area contributed by atoms with Crippen LogP contribution in [0.1, 0.15) is 31.2 Å². The molecule has 1 aliphatic rings. The van der Waals surface area contributed by atoms with Crippen molar-refractivity contribution in [2.45, 2.75) is 25.7 Å². The Hall–Kier alpha value is -1.61. The van der Waals surface area contributed by atoms with E-state index >= 15 is 0 Å². The van der Waals surface area contributed by atoms with E-state index in [2.05, 4.69) is 15.9 Å². The fourth-order valence-electron chi connectivity index (χ4n) is 2.52. The van der Waals surface area contributed by atoms with Crippen molar-refractivity contribution in [2.75, 3.05) is 11.9 Å². The second kappa shape index (κ2) is 6.23. The lowest BCUT2D eigenvalue weighted by Crippen LogP contribution is -2.27. The zero-order chi connectivity index (χ0) is 14.6. The van der Waals surface area contributed by atoms with Crippen LogP contribution in [0.4, 0.5) is 5.69 Å². The smallest absolute Gasteiger partial charge is 0.312 e. The van der Waals surface area contributed by atoms with Gasteiger partial charge in [-0.05, 0) is 25.0 Å². The van der Waals surface area contributed by atoms with Crippen molar-refractivity contribution in [3.05, 3.63) is 33.9 Å². The zero-order valence-electron chi connectivity index (χ0n) is 11.0. The van der Waals surface area contributed by atoms with E-state index in [0.29, 0.717) is 6.61 Å². The molecule has 1 aliphatic carbocycles. The largest absolute Gasteiger partial charge is 0.486 e. The zero-order valence-corrected chi connectivity index (χ0v) is 12.6. The lowest BCUT2D eigenvalue weighted by Gasteiger charge is -2.26. The highest BCUT2D eigenvalue weighted by atomic mass is 79.9. The fraction of sp³-hybridized carbons (Fsp3) is 0.500. The summed E-state index contributed by atoms with van der Waals surface area (Å²) in [6, 6.07) is 6.20. The number of nitro benzene ring substituents is 1.